The number of unbranched alkanes of at least 4 members (excludes halogenated alkanes) is 8. The first-order valence-corrected chi connectivity index (χ1v) is 10.6. The van der Waals surface area contributed by atoms with Crippen molar-refractivity contribution in [3.8, 4) is 0 Å². The number of carbonyl (C=O) groups excluding carboxylic acids is 2. The van der Waals surface area contributed by atoms with Crippen LogP contribution in [0, 0.1) is 6.92 Å². The van der Waals surface area contributed by atoms with Crippen LogP contribution in [0.15, 0.2) is 47.4 Å². The van der Waals surface area contributed by atoms with Gasteiger partial charge in [-0.2, -0.15) is 0 Å². The minimum absolute atomic E-state index is 0.0928. The number of carbonyl (C=O) groups is 2. The number of nitrogens with one attached hydrogen (secondary N) is 1. The number of anilines is 1. The molecule has 2 rings (SSSR count). The third kappa shape index (κ3) is 6.66. The summed E-state index contributed by atoms with van der Waals surface area (Å²) in [6.45, 7) is 4.21. The van der Waals surface area contributed by atoms with Crippen molar-refractivity contribution in [3.05, 3.63) is 52.9 Å². The maximum Gasteiger partial charge on any atom is 0.232 e. The van der Waals surface area contributed by atoms with E-state index < -0.39 is 11.6 Å². The van der Waals surface area contributed by atoms with Crippen molar-refractivity contribution >= 4 is 17.3 Å². The standard InChI is InChI=1S/C24H33NO3/c1-3-4-5-6-7-8-9-10-11-12-20-23(27)21(17-22(26)24(20)28)25-19-15-13-18(2)14-16-19/h13-17,25,27H,3-12H2,1-2H3. The van der Waals surface area contributed by atoms with Crippen molar-refractivity contribution in [2.45, 2.75) is 78.1 Å². The fourth-order valence-corrected chi connectivity index (χ4v) is 3.42. The molecular weight excluding hydrogens is 350 g/mol. The quantitative estimate of drug-likeness (QED) is 0.257. The monoisotopic (exact) mass is 383 g/mol. The lowest BCUT2D eigenvalue weighted by molar-refractivity contribution is -0.132. The summed E-state index contributed by atoms with van der Waals surface area (Å²) < 4.78 is 0. The molecule has 1 aliphatic carbocycles. The molecule has 0 heterocycles. The lowest BCUT2D eigenvalue weighted by Gasteiger charge is -2.18. The van der Waals surface area contributed by atoms with Crippen LogP contribution < -0.4 is 5.32 Å². The molecule has 1 aromatic carbocycles. The molecule has 0 unspecified atom stereocenters. The third-order valence-electron chi connectivity index (χ3n) is 5.18. The lowest BCUT2D eigenvalue weighted by Crippen LogP contribution is -2.24. The van der Waals surface area contributed by atoms with E-state index in [4.69, 9.17) is 0 Å². The summed E-state index contributed by atoms with van der Waals surface area (Å²) in [6, 6.07) is 7.65. The Morgan fingerprint density at radius 1 is 0.857 bits per heavy atom. The minimum Gasteiger partial charge on any atom is -0.505 e. The van der Waals surface area contributed by atoms with Crippen LogP contribution in [0.3, 0.4) is 0 Å². The largest absolute Gasteiger partial charge is 0.505 e. The Morgan fingerprint density at radius 2 is 1.43 bits per heavy atom. The molecule has 0 fully saturated rings. The highest BCUT2D eigenvalue weighted by Crippen LogP contribution is 2.25. The van der Waals surface area contributed by atoms with Crippen molar-refractivity contribution in [3.63, 3.8) is 0 Å². The molecule has 1 aliphatic rings. The van der Waals surface area contributed by atoms with Gasteiger partial charge in [-0.3, -0.25) is 9.59 Å². The second kappa shape index (κ2) is 11.5. The van der Waals surface area contributed by atoms with Crippen LogP contribution in [0.25, 0.3) is 0 Å². The Kier molecular flexibility index (Phi) is 8.99. The number of Topliss-reactive ketones (excluding diaryl/α,β-unsaturated/α-hetero) is 1. The van der Waals surface area contributed by atoms with Gasteiger partial charge in [0.2, 0.25) is 11.6 Å². The van der Waals surface area contributed by atoms with E-state index in [2.05, 4.69) is 12.2 Å². The van der Waals surface area contributed by atoms with Gasteiger partial charge in [0.15, 0.2) is 0 Å². The lowest BCUT2D eigenvalue weighted by atomic mass is 9.93. The zero-order chi connectivity index (χ0) is 20.4. The minimum atomic E-state index is -0.577. The number of allylic oxidation sites excluding steroid dienone is 2. The summed E-state index contributed by atoms with van der Waals surface area (Å²) >= 11 is 0. The van der Waals surface area contributed by atoms with E-state index in [1.54, 1.807) is 0 Å². The van der Waals surface area contributed by atoms with Gasteiger partial charge in [-0.1, -0.05) is 76.0 Å². The molecule has 0 spiro atoms. The van der Waals surface area contributed by atoms with Crippen molar-refractivity contribution in [2.75, 3.05) is 5.32 Å². The first kappa shape index (κ1) is 21.9. The van der Waals surface area contributed by atoms with Crippen LogP contribution in [0.4, 0.5) is 5.69 Å². The van der Waals surface area contributed by atoms with Gasteiger partial charge in [-0.15, -0.1) is 0 Å². The molecule has 0 saturated heterocycles. The van der Waals surface area contributed by atoms with Gasteiger partial charge in [0.25, 0.3) is 0 Å². The zero-order valence-corrected chi connectivity index (χ0v) is 17.2. The highest BCUT2D eigenvalue weighted by atomic mass is 16.3. The molecule has 4 heteroatoms. The molecule has 0 atom stereocenters. The molecule has 0 bridgehead atoms. The molecule has 0 radical (unpaired) electrons. The Morgan fingerprint density at radius 3 is 2.04 bits per heavy atom. The van der Waals surface area contributed by atoms with Crippen molar-refractivity contribution in [2.24, 2.45) is 0 Å². The summed E-state index contributed by atoms with van der Waals surface area (Å²) in [6.07, 6.45) is 12.3. The number of hydrogen-bond acceptors (Lipinski definition) is 4. The van der Waals surface area contributed by atoms with Crippen molar-refractivity contribution in [1.29, 1.82) is 0 Å². The van der Waals surface area contributed by atoms with Gasteiger partial charge in [-0.05, 0) is 31.9 Å². The number of aryl methyl sites for hydroxylation is 1. The highest BCUT2D eigenvalue weighted by Gasteiger charge is 2.28. The van der Waals surface area contributed by atoms with E-state index in [9.17, 15) is 14.7 Å². The normalized spacial score (nSPS) is 14.4. The number of aliphatic hydroxyl groups excluding tert-OH is 1. The number of aliphatic hydroxyl groups is 1. The number of rotatable bonds is 12. The topological polar surface area (TPSA) is 66.4 Å². The molecule has 0 aromatic heterocycles. The second-order valence-corrected chi connectivity index (χ2v) is 7.65. The van der Waals surface area contributed by atoms with E-state index >= 15 is 0 Å². The van der Waals surface area contributed by atoms with Crippen LogP contribution in [0.5, 0.6) is 0 Å². The van der Waals surface area contributed by atoms with Crippen molar-refractivity contribution in [1.82, 2.24) is 0 Å². The highest BCUT2D eigenvalue weighted by molar-refractivity contribution is 6.48. The van der Waals surface area contributed by atoms with E-state index in [1.165, 1.54) is 44.6 Å². The van der Waals surface area contributed by atoms with Gasteiger partial charge in [-0.25, -0.2) is 0 Å². The maximum atomic E-state index is 12.2. The van der Waals surface area contributed by atoms with Crippen LogP contribution in [-0.2, 0) is 9.59 Å². The van der Waals surface area contributed by atoms with E-state index in [1.807, 2.05) is 31.2 Å². The van der Waals surface area contributed by atoms with Gasteiger partial charge in [0, 0.05) is 17.3 Å². The molecule has 0 aliphatic heterocycles. The molecule has 2 N–H and O–H groups in total. The van der Waals surface area contributed by atoms with Crippen LogP contribution >= 0.6 is 0 Å². The Bertz CT molecular complexity index is 729. The first-order chi connectivity index (χ1) is 13.5. The third-order valence-corrected chi connectivity index (χ3v) is 5.18. The summed E-state index contributed by atoms with van der Waals surface area (Å²) in [4.78, 5) is 24.3. The number of benzene rings is 1. The molecule has 0 saturated carbocycles. The van der Waals surface area contributed by atoms with Crippen LogP contribution in [0.1, 0.15) is 76.7 Å². The predicted octanol–water partition coefficient (Wildman–Crippen LogP) is 6.18. The smallest absolute Gasteiger partial charge is 0.232 e. The average Bonchev–Trinajstić information content (AvgIpc) is 2.68. The Balaban J connectivity index is 1.85. The summed E-state index contributed by atoms with van der Waals surface area (Å²) in [5.74, 6) is -1.24. The summed E-state index contributed by atoms with van der Waals surface area (Å²) in [5.41, 5.74) is 2.44. The van der Waals surface area contributed by atoms with E-state index in [0.29, 0.717) is 12.1 Å². The molecule has 28 heavy (non-hydrogen) atoms. The summed E-state index contributed by atoms with van der Waals surface area (Å²) in [5, 5.41) is 13.6. The van der Waals surface area contributed by atoms with Gasteiger partial charge in [0.1, 0.15) is 5.76 Å². The van der Waals surface area contributed by atoms with Crippen molar-refractivity contribution < 1.29 is 14.7 Å². The molecule has 152 valence electrons. The molecule has 4 nitrogen and oxygen atoms in total. The Hall–Kier alpha value is -2.36. The molecule has 1 aromatic rings. The Labute approximate surface area is 168 Å². The predicted molar refractivity (Wildman–Crippen MR) is 114 cm³/mol. The summed E-state index contributed by atoms with van der Waals surface area (Å²) in [7, 11) is 0. The average molecular weight is 384 g/mol. The van der Waals surface area contributed by atoms with E-state index in [-0.39, 0.29) is 11.3 Å². The fourth-order valence-electron chi connectivity index (χ4n) is 3.42. The van der Waals surface area contributed by atoms with Gasteiger partial charge >= 0.3 is 0 Å². The molecule has 0 amide bonds. The van der Waals surface area contributed by atoms with Crippen LogP contribution in [-0.4, -0.2) is 16.7 Å². The van der Waals surface area contributed by atoms with E-state index in [0.717, 1.165) is 30.5 Å². The van der Waals surface area contributed by atoms with Gasteiger partial charge < -0.3 is 10.4 Å². The first-order valence-electron chi connectivity index (χ1n) is 10.6. The van der Waals surface area contributed by atoms with Gasteiger partial charge in [0.05, 0.1) is 5.70 Å². The number of hydrogen-bond donors (Lipinski definition) is 2. The second-order valence-electron chi connectivity index (χ2n) is 7.65. The fraction of sp³-hybridized carbons (Fsp3) is 0.500. The SMILES string of the molecule is CCCCCCCCCCCC1=C(O)C(Nc2ccc(C)cc2)=CC(=O)C1=O. The van der Waals surface area contributed by atoms with Crippen LogP contribution in [0.2, 0.25) is 0 Å². The molecular formula is C24H33NO3. The maximum absolute atomic E-state index is 12.2. The zero-order valence-electron chi connectivity index (χ0n) is 17.2. The number of ketones is 2.